The van der Waals surface area contributed by atoms with E-state index in [-0.39, 0.29) is 0 Å². The zero-order chi connectivity index (χ0) is 8.81. The Balaban J connectivity index is 2.79. The van der Waals surface area contributed by atoms with Gasteiger partial charge in [0.25, 0.3) is 0 Å². The number of pyridine rings is 1. The highest BCUT2D eigenvalue weighted by molar-refractivity contribution is 5.74. The van der Waals surface area contributed by atoms with Crippen molar-refractivity contribution in [1.29, 1.82) is 0 Å². The summed E-state index contributed by atoms with van der Waals surface area (Å²) in [4.78, 5) is 24.2. The highest BCUT2D eigenvalue weighted by Crippen LogP contribution is 2.02. The molecule has 1 aromatic heterocycles. The van der Waals surface area contributed by atoms with Gasteiger partial charge in [-0.05, 0) is 12.1 Å². The Morgan fingerprint density at radius 3 is 2.75 bits per heavy atom. The molecule has 1 N–H and O–H groups in total. The van der Waals surface area contributed by atoms with E-state index in [1.807, 2.05) is 0 Å². The van der Waals surface area contributed by atoms with Crippen molar-refractivity contribution in [3.8, 4) is 0 Å². The van der Waals surface area contributed by atoms with Crippen LogP contribution in [0.1, 0.15) is 0 Å². The Morgan fingerprint density at radius 1 is 1.42 bits per heavy atom. The molecule has 1 aromatic rings. The number of carbonyl (C=O) groups is 2. The third-order valence-corrected chi connectivity index (χ3v) is 1.19. The van der Waals surface area contributed by atoms with Gasteiger partial charge in [-0.25, -0.2) is 9.99 Å². The van der Waals surface area contributed by atoms with E-state index in [0.29, 0.717) is 18.6 Å². The van der Waals surface area contributed by atoms with Crippen LogP contribution in [0.5, 0.6) is 0 Å². The maximum atomic E-state index is 10.4. The van der Waals surface area contributed by atoms with Gasteiger partial charge in [0.15, 0.2) is 5.82 Å². The van der Waals surface area contributed by atoms with E-state index >= 15 is 0 Å². The molecule has 2 amide bonds. The smallest absolute Gasteiger partial charge is 0.234 e. The molecule has 0 aliphatic heterocycles. The van der Waals surface area contributed by atoms with Gasteiger partial charge in [0.2, 0.25) is 12.8 Å². The molecule has 0 aromatic carbocycles. The second kappa shape index (κ2) is 4.07. The van der Waals surface area contributed by atoms with Crippen LogP contribution in [-0.4, -0.2) is 17.8 Å². The molecule has 0 radical (unpaired) electrons. The van der Waals surface area contributed by atoms with Crippen LogP contribution in [0.15, 0.2) is 24.4 Å². The predicted octanol–water partition coefficient (Wildman–Crippen LogP) is -0.295. The van der Waals surface area contributed by atoms with Gasteiger partial charge in [0, 0.05) is 6.20 Å². The van der Waals surface area contributed by atoms with E-state index in [1.165, 1.54) is 6.20 Å². The molecule has 5 heteroatoms. The number of nitrogens with zero attached hydrogens (tertiary/aromatic N) is 2. The lowest BCUT2D eigenvalue weighted by Gasteiger charge is -2.12. The highest BCUT2D eigenvalue weighted by atomic mass is 16.2. The SMILES string of the molecule is O=CNN(C=O)c1ccccn1. The number of nitrogens with one attached hydrogen (secondary N) is 1. The van der Waals surface area contributed by atoms with Crippen LogP contribution in [0.25, 0.3) is 0 Å². The number of hydrogen-bond acceptors (Lipinski definition) is 3. The number of rotatable bonds is 4. The second-order valence-corrected chi connectivity index (χ2v) is 1.91. The summed E-state index contributed by atoms with van der Waals surface area (Å²) >= 11 is 0. The van der Waals surface area contributed by atoms with Crippen molar-refractivity contribution >= 4 is 18.6 Å². The molecule has 0 saturated heterocycles. The van der Waals surface area contributed by atoms with E-state index in [2.05, 4.69) is 10.4 Å². The maximum Gasteiger partial charge on any atom is 0.234 e. The molecule has 0 bridgehead atoms. The first kappa shape index (κ1) is 8.19. The molecule has 5 nitrogen and oxygen atoms in total. The molecule has 1 heterocycles. The van der Waals surface area contributed by atoms with Crippen molar-refractivity contribution in [3.05, 3.63) is 24.4 Å². The maximum absolute atomic E-state index is 10.4. The largest absolute Gasteiger partial charge is 0.277 e. The first-order valence-corrected chi connectivity index (χ1v) is 3.24. The molecular weight excluding hydrogens is 158 g/mol. The van der Waals surface area contributed by atoms with Crippen molar-refractivity contribution in [2.24, 2.45) is 0 Å². The van der Waals surface area contributed by atoms with Gasteiger partial charge in [-0.2, -0.15) is 0 Å². The molecule has 12 heavy (non-hydrogen) atoms. The Kier molecular flexibility index (Phi) is 2.78. The lowest BCUT2D eigenvalue weighted by Crippen LogP contribution is -2.36. The van der Waals surface area contributed by atoms with Gasteiger partial charge in [-0.3, -0.25) is 15.0 Å². The standard InChI is InChI=1S/C7H7N3O2/c11-5-9-10(6-12)7-3-1-2-4-8-7/h1-6H,(H,9,11). The number of carbonyl (C=O) groups excluding carboxylic acids is 2. The van der Waals surface area contributed by atoms with Gasteiger partial charge < -0.3 is 0 Å². The van der Waals surface area contributed by atoms with Gasteiger partial charge >= 0.3 is 0 Å². The summed E-state index contributed by atoms with van der Waals surface area (Å²) in [6, 6.07) is 5.03. The third-order valence-electron chi connectivity index (χ3n) is 1.19. The quantitative estimate of drug-likeness (QED) is 0.492. The highest BCUT2D eigenvalue weighted by Gasteiger charge is 2.01. The molecule has 0 unspecified atom stereocenters. The summed E-state index contributed by atoms with van der Waals surface area (Å²) in [6.45, 7) is 0. The molecule has 0 saturated carbocycles. The van der Waals surface area contributed by atoms with Crippen molar-refractivity contribution in [2.45, 2.75) is 0 Å². The fraction of sp³-hybridized carbons (Fsp3) is 0. The van der Waals surface area contributed by atoms with E-state index in [1.54, 1.807) is 18.2 Å². The van der Waals surface area contributed by atoms with Gasteiger partial charge in [-0.15, -0.1) is 0 Å². The summed E-state index contributed by atoms with van der Waals surface area (Å²) in [5.74, 6) is 0.375. The minimum absolute atomic E-state index is 0.375. The van der Waals surface area contributed by atoms with Crippen LogP contribution < -0.4 is 10.4 Å². The summed E-state index contributed by atoms with van der Waals surface area (Å²) in [7, 11) is 0. The molecule has 62 valence electrons. The summed E-state index contributed by atoms with van der Waals surface area (Å²) in [5.41, 5.74) is 2.17. The summed E-state index contributed by atoms with van der Waals surface area (Å²) in [5, 5.41) is 0.979. The molecule has 0 fully saturated rings. The van der Waals surface area contributed by atoms with Gasteiger partial charge in [0.1, 0.15) is 0 Å². The van der Waals surface area contributed by atoms with E-state index in [0.717, 1.165) is 5.01 Å². The normalized spacial score (nSPS) is 8.67. The summed E-state index contributed by atoms with van der Waals surface area (Å²) < 4.78 is 0. The molecule has 0 atom stereocenters. The number of amides is 2. The molecule has 1 rings (SSSR count). The molecule has 0 aliphatic carbocycles. The van der Waals surface area contributed by atoms with Crippen LogP contribution >= 0.6 is 0 Å². The fourth-order valence-corrected chi connectivity index (χ4v) is 0.704. The molecular formula is C7H7N3O2. The number of anilines is 1. The number of hydrazine groups is 1. The van der Waals surface area contributed by atoms with Crippen molar-refractivity contribution in [1.82, 2.24) is 10.4 Å². The van der Waals surface area contributed by atoms with E-state index in [4.69, 9.17) is 0 Å². The third kappa shape index (κ3) is 1.79. The van der Waals surface area contributed by atoms with Crippen LogP contribution in [0.4, 0.5) is 5.82 Å². The molecule has 0 spiro atoms. The van der Waals surface area contributed by atoms with Gasteiger partial charge in [-0.1, -0.05) is 6.07 Å². The summed E-state index contributed by atoms with van der Waals surface area (Å²) in [6.07, 6.45) is 2.40. The monoisotopic (exact) mass is 165 g/mol. The minimum Gasteiger partial charge on any atom is -0.277 e. The Bertz CT molecular complexity index is 263. The first-order valence-electron chi connectivity index (χ1n) is 3.24. The molecule has 0 aliphatic rings. The number of aromatic nitrogens is 1. The van der Waals surface area contributed by atoms with Crippen molar-refractivity contribution in [2.75, 3.05) is 5.01 Å². The topological polar surface area (TPSA) is 62.3 Å². The Hall–Kier alpha value is -1.91. The van der Waals surface area contributed by atoms with E-state index < -0.39 is 0 Å². The predicted molar refractivity (Wildman–Crippen MR) is 42.0 cm³/mol. The van der Waals surface area contributed by atoms with Crippen molar-refractivity contribution < 1.29 is 9.59 Å². The Labute approximate surface area is 69.0 Å². The zero-order valence-electron chi connectivity index (χ0n) is 6.18. The van der Waals surface area contributed by atoms with Crippen LogP contribution in [-0.2, 0) is 9.59 Å². The number of hydrogen-bond donors (Lipinski definition) is 1. The minimum atomic E-state index is 0.375. The van der Waals surface area contributed by atoms with Gasteiger partial charge in [0.05, 0.1) is 0 Å². The fourth-order valence-electron chi connectivity index (χ4n) is 0.704. The average Bonchev–Trinajstić information content (AvgIpc) is 2.15. The second-order valence-electron chi connectivity index (χ2n) is 1.91. The Morgan fingerprint density at radius 2 is 2.25 bits per heavy atom. The van der Waals surface area contributed by atoms with E-state index in [9.17, 15) is 9.59 Å². The van der Waals surface area contributed by atoms with Crippen LogP contribution in [0, 0.1) is 0 Å². The lowest BCUT2D eigenvalue weighted by atomic mass is 10.5. The van der Waals surface area contributed by atoms with Crippen LogP contribution in [0.3, 0.4) is 0 Å². The average molecular weight is 165 g/mol. The first-order chi connectivity index (χ1) is 5.88. The zero-order valence-corrected chi connectivity index (χ0v) is 6.18. The van der Waals surface area contributed by atoms with Crippen LogP contribution in [0.2, 0.25) is 0 Å². The lowest BCUT2D eigenvalue weighted by molar-refractivity contribution is -0.113. The van der Waals surface area contributed by atoms with Crippen molar-refractivity contribution in [3.63, 3.8) is 0 Å².